The molecule has 5 atom stereocenters. The van der Waals surface area contributed by atoms with Gasteiger partial charge < -0.3 is 29.9 Å². The Morgan fingerprint density at radius 1 is 1.10 bits per heavy atom. The molecule has 8 heteroatoms. The lowest BCUT2D eigenvalue weighted by Crippen LogP contribution is -2.60. The molecule has 0 aromatic heterocycles. The van der Waals surface area contributed by atoms with Gasteiger partial charge in [0, 0.05) is 0 Å². The number of anilines is 1. The molecule has 1 aliphatic rings. The van der Waals surface area contributed by atoms with Crippen LogP contribution in [0.15, 0.2) is 24.3 Å². The molecule has 1 fully saturated rings. The van der Waals surface area contributed by atoms with E-state index >= 15 is 0 Å². The van der Waals surface area contributed by atoms with Gasteiger partial charge in [0.05, 0.1) is 19.4 Å². The lowest BCUT2D eigenvalue weighted by atomic mass is 9.99. The van der Waals surface area contributed by atoms with E-state index in [9.17, 15) is 15.3 Å². The Morgan fingerprint density at radius 2 is 1.76 bits per heavy atom. The fraction of sp³-hybridized carbons (Fsp3) is 0.538. The average molecular weight is 301 g/mol. The molecular formula is C13H19NO7. The van der Waals surface area contributed by atoms with Gasteiger partial charge in [0.25, 0.3) is 0 Å². The Labute approximate surface area is 121 Å². The molecule has 0 aliphatic carbocycles. The molecule has 1 heterocycles. The number of aliphatic hydroxyl groups is 4. The summed E-state index contributed by atoms with van der Waals surface area (Å²) < 4.78 is 10.7. The van der Waals surface area contributed by atoms with Crippen molar-refractivity contribution in [2.24, 2.45) is 0 Å². The van der Waals surface area contributed by atoms with E-state index in [0.29, 0.717) is 11.4 Å². The molecule has 0 saturated carbocycles. The van der Waals surface area contributed by atoms with E-state index in [2.05, 4.69) is 5.48 Å². The van der Waals surface area contributed by atoms with Crippen LogP contribution in [-0.2, 0) is 9.57 Å². The van der Waals surface area contributed by atoms with Crippen molar-refractivity contribution in [3.05, 3.63) is 24.3 Å². The van der Waals surface area contributed by atoms with Crippen molar-refractivity contribution in [2.45, 2.75) is 30.7 Å². The summed E-state index contributed by atoms with van der Waals surface area (Å²) in [6.07, 6.45) is -6.49. The van der Waals surface area contributed by atoms with Crippen LogP contribution in [0.5, 0.6) is 5.75 Å². The van der Waals surface area contributed by atoms with Crippen molar-refractivity contribution in [3.63, 3.8) is 0 Å². The predicted octanol–water partition coefficient (Wildman–Crippen LogP) is -1.16. The Balaban J connectivity index is 2.03. The number of benzene rings is 1. The second kappa shape index (κ2) is 7.03. The number of aliphatic hydroxyl groups excluding tert-OH is 4. The van der Waals surface area contributed by atoms with Crippen LogP contribution in [0.2, 0.25) is 0 Å². The lowest BCUT2D eigenvalue weighted by molar-refractivity contribution is -0.277. The van der Waals surface area contributed by atoms with E-state index < -0.39 is 37.3 Å². The van der Waals surface area contributed by atoms with Crippen LogP contribution >= 0.6 is 0 Å². The molecule has 8 nitrogen and oxygen atoms in total. The fourth-order valence-electron chi connectivity index (χ4n) is 2.02. The first kappa shape index (κ1) is 16.0. The van der Waals surface area contributed by atoms with Gasteiger partial charge in [0.1, 0.15) is 30.2 Å². The maximum absolute atomic E-state index is 9.85. The number of hydrogen-bond donors (Lipinski definition) is 5. The van der Waals surface area contributed by atoms with Crippen LogP contribution in [0, 0.1) is 0 Å². The zero-order valence-corrected chi connectivity index (χ0v) is 11.4. The summed E-state index contributed by atoms with van der Waals surface area (Å²) in [4.78, 5) is 4.75. The number of rotatable bonds is 5. The Kier molecular flexibility index (Phi) is 5.34. The number of hydrogen-bond acceptors (Lipinski definition) is 8. The molecule has 1 aliphatic heterocycles. The van der Waals surface area contributed by atoms with Crippen molar-refractivity contribution in [1.82, 2.24) is 0 Å². The zero-order chi connectivity index (χ0) is 15.4. The van der Waals surface area contributed by atoms with Crippen LogP contribution < -0.4 is 10.2 Å². The normalized spacial score (nSPS) is 32.7. The van der Waals surface area contributed by atoms with E-state index in [1.54, 1.807) is 24.3 Å². The maximum atomic E-state index is 9.85. The minimum Gasteiger partial charge on any atom is -0.462 e. The monoisotopic (exact) mass is 301 g/mol. The zero-order valence-electron chi connectivity index (χ0n) is 11.4. The van der Waals surface area contributed by atoms with E-state index in [1.165, 1.54) is 7.11 Å². The molecule has 1 saturated heterocycles. The highest BCUT2D eigenvalue weighted by molar-refractivity contribution is 5.44. The van der Waals surface area contributed by atoms with Gasteiger partial charge in [-0.15, -0.1) is 0 Å². The Bertz CT molecular complexity index is 439. The van der Waals surface area contributed by atoms with Crippen LogP contribution in [0.25, 0.3) is 0 Å². The van der Waals surface area contributed by atoms with Crippen LogP contribution in [0.1, 0.15) is 0 Å². The molecular weight excluding hydrogens is 282 g/mol. The quantitative estimate of drug-likeness (QED) is 0.432. The molecule has 5 N–H and O–H groups in total. The first-order chi connectivity index (χ1) is 10.1. The van der Waals surface area contributed by atoms with E-state index in [1.807, 2.05) is 0 Å². The fourth-order valence-corrected chi connectivity index (χ4v) is 2.02. The first-order valence-corrected chi connectivity index (χ1v) is 6.43. The molecule has 21 heavy (non-hydrogen) atoms. The first-order valence-electron chi connectivity index (χ1n) is 6.43. The van der Waals surface area contributed by atoms with Gasteiger partial charge in [0.15, 0.2) is 0 Å². The maximum Gasteiger partial charge on any atom is 0.229 e. The molecule has 2 rings (SSSR count). The number of nitrogens with one attached hydrogen (secondary N) is 1. The molecule has 0 bridgehead atoms. The van der Waals surface area contributed by atoms with E-state index in [4.69, 9.17) is 19.4 Å². The Morgan fingerprint density at radius 3 is 2.33 bits per heavy atom. The van der Waals surface area contributed by atoms with Gasteiger partial charge in [-0.25, -0.2) is 0 Å². The molecule has 1 aromatic carbocycles. The van der Waals surface area contributed by atoms with Crippen LogP contribution in [0.4, 0.5) is 5.69 Å². The topological polar surface area (TPSA) is 121 Å². The standard InChI is InChI=1S/C13H19NO7/c1-19-14-7-2-4-8(5-3-7)20-13-12(18)11(17)10(16)9(6-15)21-13/h2-5,9-18H,6H2,1H3. The molecule has 0 spiro atoms. The second-order valence-corrected chi connectivity index (χ2v) is 4.65. The average Bonchev–Trinajstić information content (AvgIpc) is 2.50. The third-order valence-corrected chi connectivity index (χ3v) is 3.17. The summed E-state index contributed by atoms with van der Waals surface area (Å²) in [5, 5.41) is 38.3. The number of ether oxygens (including phenoxy) is 2. The molecule has 0 amide bonds. The third-order valence-electron chi connectivity index (χ3n) is 3.17. The smallest absolute Gasteiger partial charge is 0.229 e. The molecule has 1 aromatic rings. The van der Waals surface area contributed by atoms with Gasteiger partial charge in [-0.3, -0.25) is 10.3 Å². The highest BCUT2D eigenvalue weighted by Gasteiger charge is 2.44. The van der Waals surface area contributed by atoms with E-state index in [0.717, 1.165) is 0 Å². The molecule has 118 valence electrons. The van der Waals surface area contributed by atoms with Crippen LogP contribution in [-0.4, -0.2) is 64.8 Å². The predicted molar refractivity (Wildman–Crippen MR) is 71.5 cm³/mol. The minimum absolute atomic E-state index is 0.390. The summed E-state index contributed by atoms with van der Waals surface area (Å²) in [6.45, 7) is -0.499. The van der Waals surface area contributed by atoms with Crippen molar-refractivity contribution in [1.29, 1.82) is 0 Å². The van der Waals surface area contributed by atoms with Crippen molar-refractivity contribution in [3.8, 4) is 5.75 Å². The molecule has 5 unspecified atom stereocenters. The summed E-state index contributed by atoms with van der Waals surface area (Å²) in [6, 6.07) is 6.59. The SMILES string of the molecule is CONc1ccc(OC2OC(CO)C(O)C(O)C2O)cc1. The van der Waals surface area contributed by atoms with Crippen LogP contribution in [0.3, 0.4) is 0 Å². The lowest BCUT2D eigenvalue weighted by Gasteiger charge is -2.39. The van der Waals surface area contributed by atoms with E-state index in [-0.39, 0.29) is 0 Å². The summed E-state index contributed by atoms with van der Waals surface area (Å²) in [5.74, 6) is 0.390. The van der Waals surface area contributed by atoms with Crippen molar-refractivity contribution >= 4 is 5.69 Å². The van der Waals surface area contributed by atoms with Gasteiger partial charge in [-0.2, -0.15) is 0 Å². The van der Waals surface area contributed by atoms with Gasteiger partial charge in [-0.05, 0) is 24.3 Å². The van der Waals surface area contributed by atoms with Crippen molar-refractivity contribution < 1.29 is 34.7 Å². The Hall–Kier alpha value is -1.42. The van der Waals surface area contributed by atoms with Gasteiger partial charge in [-0.1, -0.05) is 0 Å². The third kappa shape index (κ3) is 3.62. The summed E-state index contributed by atoms with van der Waals surface area (Å²) in [5.41, 5.74) is 3.34. The van der Waals surface area contributed by atoms with Crippen molar-refractivity contribution in [2.75, 3.05) is 19.2 Å². The minimum atomic E-state index is -1.46. The van der Waals surface area contributed by atoms with Gasteiger partial charge >= 0.3 is 0 Å². The largest absolute Gasteiger partial charge is 0.462 e. The molecule has 0 radical (unpaired) electrons. The summed E-state index contributed by atoms with van der Waals surface area (Å²) in [7, 11) is 1.48. The second-order valence-electron chi connectivity index (χ2n) is 4.65. The highest BCUT2D eigenvalue weighted by atomic mass is 16.7. The summed E-state index contributed by atoms with van der Waals surface area (Å²) >= 11 is 0. The highest BCUT2D eigenvalue weighted by Crippen LogP contribution is 2.25. The van der Waals surface area contributed by atoms with Gasteiger partial charge in [0.2, 0.25) is 6.29 Å².